The highest BCUT2D eigenvalue weighted by atomic mass is 28.4. The van der Waals surface area contributed by atoms with Crippen LogP contribution in [0.5, 0.6) is 0 Å². The predicted octanol–water partition coefficient (Wildman–Crippen LogP) is 4.06. The first-order valence-electron chi connectivity index (χ1n) is 8.35. The molecule has 0 aromatic heterocycles. The van der Waals surface area contributed by atoms with Gasteiger partial charge < -0.3 is 18.6 Å². The van der Waals surface area contributed by atoms with Gasteiger partial charge in [0.05, 0.1) is 12.7 Å². The van der Waals surface area contributed by atoms with Crippen molar-refractivity contribution in [3.8, 4) is 0 Å². The first kappa shape index (κ1) is 23.0. The Morgan fingerprint density at radius 3 is 2.25 bits per heavy atom. The second kappa shape index (κ2) is 10.8. The van der Waals surface area contributed by atoms with Gasteiger partial charge in [-0.1, -0.05) is 32.9 Å². The maximum Gasteiger partial charge on any atom is 0.330 e. The standard InChI is InChI=1S/C18H34O5Si/c1-9-11-16(23-24(7,8)18(3,4)5)15(22-14-20-6)12-13-17(19)21-10-2/h9,11-13,15-16H,10,14H2,1-8H3/b11-9+,13-12+/t15-,16-/m0/s1. The molecule has 0 amide bonds. The Kier molecular flexibility index (Phi) is 10.4. The zero-order valence-corrected chi connectivity index (χ0v) is 17.4. The van der Waals surface area contributed by atoms with Gasteiger partial charge >= 0.3 is 5.97 Å². The molecule has 24 heavy (non-hydrogen) atoms. The van der Waals surface area contributed by atoms with Crippen molar-refractivity contribution in [2.45, 2.75) is 65.0 Å². The van der Waals surface area contributed by atoms with Gasteiger partial charge in [0.2, 0.25) is 0 Å². The first-order valence-corrected chi connectivity index (χ1v) is 11.3. The third-order valence-electron chi connectivity index (χ3n) is 4.03. The molecule has 5 nitrogen and oxygen atoms in total. The van der Waals surface area contributed by atoms with E-state index in [4.69, 9.17) is 18.6 Å². The monoisotopic (exact) mass is 358 g/mol. The molecule has 0 aromatic carbocycles. The molecule has 0 unspecified atom stereocenters. The van der Waals surface area contributed by atoms with Gasteiger partial charge in [-0.3, -0.25) is 0 Å². The first-order chi connectivity index (χ1) is 11.1. The van der Waals surface area contributed by atoms with Crippen LogP contribution >= 0.6 is 0 Å². The molecule has 0 aliphatic carbocycles. The van der Waals surface area contributed by atoms with Gasteiger partial charge in [0.15, 0.2) is 8.32 Å². The average Bonchev–Trinajstić information content (AvgIpc) is 2.46. The van der Waals surface area contributed by atoms with Gasteiger partial charge in [-0.25, -0.2) is 4.79 Å². The molecule has 0 spiro atoms. The summed E-state index contributed by atoms with van der Waals surface area (Å²) in [5.41, 5.74) is 0. The minimum atomic E-state index is -2.00. The molecular weight excluding hydrogens is 324 g/mol. The van der Waals surface area contributed by atoms with Crippen LogP contribution in [0.15, 0.2) is 24.3 Å². The molecular formula is C18H34O5Si. The van der Waals surface area contributed by atoms with Gasteiger partial charge in [-0.05, 0) is 38.1 Å². The largest absolute Gasteiger partial charge is 0.463 e. The van der Waals surface area contributed by atoms with Crippen LogP contribution in [0.1, 0.15) is 34.6 Å². The van der Waals surface area contributed by atoms with E-state index in [1.54, 1.807) is 20.1 Å². The lowest BCUT2D eigenvalue weighted by Crippen LogP contribution is -2.46. The van der Waals surface area contributed by atoms with Crippen molar-refractivity contribution in [1.82, 2.24) is 0 Å². The van der Waals surface area contributed by atoms with Crippen LogP contribution in [0.4, 0.5) is 0 Å². The molecule has 0 rings (SSSR count). The highest BCUT2D eigenvalue weighted by molar-refractivity contribution is 6.74. The fourth-order valence-corrected chi connectivity index (χ4v) is 2.94. The lowest BCUT2D eigenvalue weighted by atomic mass is 10.1. The summed E-state index contributed by atoms with van der Waals surface area (Å²) in [7, 11) is -0.440. The molecule has 2 atom stereocenters. The van der Waals surface area contributed by atoms with Gasteiger partial charge in [0, 0.05) is 13.2 Å². The van der Waals surface area contributed by atoms with E-state index in [-0.39, 0.29) is 17.9 Å². The van der Waals surface area contributed by atoms with Crippen molar-refractivity contribution in [2.24, 2.45) is 0 Å². The molecule has 0 saturated heterocycles. The van der Waals surface area contributed by atoms with Crippen molar-refractivity contribution >= 4 is 14.3 Å². The lowest BCUT2D eigenvalue weighted by molar-refractivity contribution is -0.137. The molecule has 0 N–H and O–H groups in total. The summed E-state index contributed by atoms with van der Waals surface area (Å²) in [4.78, 5) is 11.6. The number of hydrogen-bond donors (Lipinski definition) is 0. The Labute approximate surface area is 148 Å². The Balaban J connectivity index is 5.35. The summed E-state index contributed by atoms with van der Waals surface area (Å²) in [6.45, 7) is 15.1. The Bertz CT molecular complexity index is 424. The molecule has 0 fully saturated rings. The van der Waals surface area contributed by atoms with E-state index in [1.165, 1.54) is 6.08 Å². The van der Waals surface area contributed by atoms with Crippen LogP contribution in [-0.4, -0.2) is 47.0 Å². The number of rotatable bonds is 10. The smallest absolute Gasteiger partial charge is 0.330 e. The van der Waals surface area contributed by atoms with Crippen LogP contribution in [0.25, 0.3) is 0 Å². The fourth-order valence-electron chi connectivity index (χ4n) is 1.69. The summed E-state index contributed by atoms with van der Waals surface area (Å²) in [6.07, 6.45) is 6.22. The molecule has 0 saturated carbocycles. The number of allylic oxidation sites excluding steroid dienone is 1. The minimum absolute atomic E-state index is 0.0729. The molecule has 0 aliphatic rings. The molecule has 6 heteroatoms. The normalized spacial score (nSPS) is 15.8. The van der Waals surface area contributed by atoms with Gasteiger partial charge in [0.1, 0.15) is 12.9 Å². The second-order valence-corrected chi connectivity index (χ2v) is 11.8. The lowest BCUT2D eigenvalue weighted by Gasteiger charge is -2.40. The zero-order chi connectivity index (χ0) is 18.8. The van der Waals surface area contributed by atoms with Crippen LogP contribution in [0.3, 0.4) is 0 Å². The third-order valence-corrected chi connectivity index (χ3v) is 8.50. The molecule has 0 heterocycles. The number of hydrogen-bond acceptors (Lipinski definition) is 5. The van der Waals surface area contributed by atoms with Crippen LogP contribution in [0, 0.1) is 0 Å². The van der Waals surface area contributed by atoms with E-state index >= 15 is 0 Å². The van der Waals surface area contributed by atoms with E-state index in [0.29, 0.717) is 6.61 Å². The third kappa shape index (κ3) is 8.24. The number of carbonyl (C=O) groups excluding carboxylic acids is 1. The molecule has 0 bridgehead atoms. The number of carbonyl (C=O) groups is 1. The molecule has 0 aliphatic heterocycles. The minimum Gasteiger partial charge on any atom is -0.463 e. The average molecular weight is 359 g/mol. The summed E-state index contributed by atoms with van der Waals surface area (Å²) in [6, 6.07) is 0. The number of methoxy groups -OCH3 is 1. The van der Waals surface area contributed by atoms with Crippen LogP contribution in [-0.2, 0) is 23.4 Å². The highest BCUT2D eigenvalue weighted by Gasteiger charge is 2.40. The van der Waals surface area contributed by atoms with Crippen molar-refractivity contribution in [2.75, 3.05) is 20.5 Å². The summed E-state index contributed by atoms with van der Waals surface area (Å²) in [5.74, 6) is -0.393. The van der Waals surface area contributed by atoms with Gasteiger partial charge in [-0.15, -0.1) is 0 Å². The SMILES string of the molecule is C/C=C/[C@H](O[Si](C)(C)C(C)(C)C)[C@H](/C=C/C(=O)OCC)OCOC. The zero-order valence-electron chi connectivity index (χ0n) is 16.4. The van der Waals surface area contributed by atoms with Crippen LogP contribution < -0.4 is 0 Å². The number of ether oxygens (including phenoxy) is 3. The second-order valence-electron chi connectivity index (χ2n) is 7.02. The van der Waals surface area contributed by atoms with Crippen molar-refractivity contribution in [3.05, 3.63) is 24.3 Å². The summed E-state index contributed by atoms with van der Waals surface area (Å²) < 4.78 is 22.1. The maximum absolute atomic E-state index is 11.6. The molecule has 0 radical (unpaired) electrons. The molecule has 140 valence electrons. The van der Waals surface area contributed by atoms with E-state index in [0.717, 1.165) is 0 Å². The highest BCUT2D eigenvalue weighted by Crippen LogP contribution is 2.38. The quantitative estimate of drug-likeness (QED) is 0.194. The molecule has 0 aromatic rings. The van der Waals surface area contributed by atoms with E-state index in [2.05, 4.69) is 33.9 Å². The summed E-state index contributed by atoms with van der Waals surface area (Å²) in [5, 5.41) is 0.0729. The van der Waals surface area contributed by atoms with Gasteiger partial charge in [0.25, 0.3) is 0 Å². The van der Waals surface area contributed by atoms with E-state index in [9.17, 15) is 4.79 Å². The summed E-state index contributed by atoms with van der Waals surface area (Å²) >= 11 is 0. The Morgan fingerprint density at radius 1 is 1.17 bits per heavy atom. The predicted molar refractivity (Wildman–Crippen MR) is 99.4 cm³/mol. The number of esters is 1. The topological polar surface area (TPSA) is 54.0 Å². The van der Waals surface area contributed by atoms with Crippen LogP contribution in [0.2, 0.25) is 18.1 Å². The fraction of sp³-hybridized carbons (Fsp3) is 0.722. The van der Waals surface area contributed by atoms with E-state index < -0.39 is 20.4 Å². The maximum atomic E-state index is 11.6. The van der Waals surface area contributed by atoms with Crippen molar-refractivity contribution < 1.29 is 23.4 Å². The Hall–Kier alpha value is -0.953. The van der Waals surface area contributed by atoms with Gasteiger partial charge in [-0.2, -0.15) is 0 Å². The van der Waals surface area contributed by atoms with Crippen molar-refractivity contribution in [1.29, 1.82) is 0 Å². The van der Waals surface area contributed by atoms with E-state index in [1.807, 2.05) is 19.1 Å². The Morgan fingerprint density at radius 2 is 1.79 bits per heavy atom. The van der Waals surface area contributed by atoms with Crippen molar-refractivity contribution in [3.63, 3.8) is 0 Å².